The van der Waals surface area contributed by atoms with Crippen molar-refractivity contribution in [2.75, 3.05) is 26.4 Å². The van der Waals surface area contributed by atoms with Crippen LogP contribution in [0, 0.1) is 0 Å². The van der Waals surface area contributed by atoms with Gasteiger partial charge in [-0.15, -0.1) is 0 Å². The highest BCUT2D eigenvalue weighted by Crippen LogP contribution is 2.33. The van der Waals surface area contributed by atoms with Gasteiger partial charge in [-0.1, -0.05) is 172 Å². The molecule has 1 amide bonds. The van der Waals surface area contributed by atoms with Gasteiger partial charge in [-0.2, -0.15) is 0 Å². The van der Waals surface area contributed by atoms with Gasteiger partial charge in [0.1, 0.15) is 73.2 Å². The van der Waals surface area contributed by atoms with Crippen molar-refractivity contribution in [2.45, 2.75) is 304 Å². The van der Waals surface area contributed by atoms with E-state index in [4.69, 9.17) is 28.4 Å². The molecule has 78 heavy (non-hydrogen) atoms. The molecule has 0 spiro atoms. The van der Waals surface area contributed by atoms with Crippen molar-refractivity contribution in [1.82, 2.24) is 5.32 Å². The van der Waals surface area contributed by atoms with E-state index in [0.717, 1.165) is 38.5 Å². The number of allylic oxidation sites excluding steroid dienone is 5. The zero-order valence-electron chi connectivity index (χ0n) is 47.4. The van der Waals surface area contributed by atoms with E-state index in [1.54, 1.807) is 6.08 Å². The fourth-order valence-corrected chi connectivity index (χ4v) is 10.1. The second-order valence-corrected chi connectivity index (χ2v) is 21.8. The molecule has 0 aromatic carbocycles. The molecular formula is C59H107NO18. The van der Waals surface area contributed by atoms with E-state index in [9.17, 15) is 61.0 Å². The van der Waals surface area contributed by atoms with Crippen LogP contribution in [-0.2, 0) is 33.2 Å². The molecule has 17 atom stereocenters. The fourth-order valence-electron chi connectivity index (χ4n) is 10.1. The zero-order valence-corrected chi connectivity index (χ0v) is 47.4. The molecule has 456 valence electrons. The minimum Gasteiger partial charge on any atom is -0.394 e. The zero-order chi connectivity index (χ0) is 56.9. The lowest BCUT2D eigenvalue weighted by Crippen LogP contribution is -2.66. The summed E-state index contributed by atoms with van der Waals surface area (Å²) in [6, 6.07) is -0.987. The van der Waals surface area contributed by atoms with Crippen LogP contribution >= 0.6 is 0 Å². The summed E-state index contributed by atoms with van der Waals surface area (Å²) in [6.07, 6.45) is 18.7. The Balaban J connectivity index is 1.45. The van der Waals surface area contributed by atoms with Crippen LogP contribution in [0.25, 0.3) is 0 Å². The number of hydrogen-bond acceptors (Lipinski definition) is 18. The Morgan fingerprint density at radius 1 is 0.449 bits per heavy atom. The van der Waals surface area contributed by atoms with Gasteiger partial charge in [0.2, 0.25) is 5.91 Å². The van der Waals surface area contributed by atoms with Crippen LogP contribution < -0.4 is 5.32 Å². The average Bonchev–Trinajstić information content (AvgIpc) is 3.47. The van der Waals surface area contributed by atoms with Crippen LogP contribution in [0.15, 0.2) is 36.5 Å². The van der Waals surface area contributed by atoms with Gasteiger partial charge in [-0.25, -0.2) is 0 Å². The summed E-state index contributed by atoms with van der Waals surface area (Å²) in [6.45, 7) is 1.65. The summed E-state index contributed by atoms with van der Waals surface area (Å²) in [4.78, 5) is 13.3. The number of aliphatic hydroxyl groups is 11. The first-order valence-electron chi connectivity index (χ1n) is 30.2. The van der Waals surface area contributed by atoms with E-state index >= 15 is 0 Å². The number of carbonyl (C=O) groups excluding carboxylic acids is 1. The van der Waals surface area contributed by atoms with E-state index in [2.05, 4.69) is 43.5 Å². The first kappa shape index (κ1) is 70.3. The Kier molecular flexibility index (Phi) is 38.5. The van der Waals surface area contributed by atoms with Gasteiger partial charge in [0.15, 0.2) is 18.9 Å². The minimum atomic E-state index is -1.98. The van der Waals surface area contributed by atoms with Gasteiger partial charge >= 0.3 is 0 Å². The minimum absolute atomic E-state index is 0.235. The molecule has 0 aromatic heterocycles. The van der Waals surface area contributed by atoms with Gasteiger partial charge in [0.25, 0.3) is 0 Å². The molecule has 3 fully saturated rings. The summed E-state index contributed by atoms with van der Waals surface area (Å²) >= 11 is 0. The summed E-state index contributed by atoms with van der Waals surface area (Å²) in [5.74, 6) is -0.289. The van der Waals surface area contributed by atoms with Gasteiger partial charge in [0, 0.05) is 6.42 Å². The van der Waals surface area contributed by atoms with Crippen LogP contribution in [0.5, 0.6) is 0 Å². The predicted octanol–water partition coefficient (Wildman–Crippen LogP) is 5.32. The summed E-state index contributed by atoms with van der Waals surface area (Å²) in [5.41, 5.74) is 0. The van der Waals surface area contributed by atoms with Crippen molar-refractivity contribution < 1.29 is 89.4 Å². The first-order valence-corrected chi connectivity index (χ1v) is 30.2. The standard InChI is InChI=1S/C59H107NO18/c1-3-5-7-9-11-13-15-16-17-18-19-20-21-22-23-24-25-26-27-29-31-33-35-37-47(65)60-42(43(64)36-34-32-30-28-14-12-10-8-6-4-2)41-73-57-53(71)50(68)55(45(39-62)75-57)78-59-54(72)51(69)56(46(40-63)76-59)77-58-52(70)49(67)48(66)44(38-61)74-58/h14,18-19,28,34,36,42-46,48-59,61-64,66-72H,3-13,15-17,20-27,29-33,35,37-41H2,1-2H3,(H,60,65)/b19-18-,28-14+,36-34+. The van der Waals surface area contributed by atoms with Crippen molar-refractivity contribution in [3.63, 3.8) is 0 Å². The van der Waals surface area contributed by atoms with Gasteiger partial charge in [-0.3, -0.25) is 4.79 Å². The van der Waals surface area contributed by atoms with Crippen LogP contribution in [-0.4, -0.2) is 193 Å². The van der Waals surface area contributed by atoms with E-state index in [0.29, 0.717) is 12.8 Å². The third-order valence-electron chi connectivity index (χ3n) is 15.2. The van der Waals surface area contributed by atoms with Crippen molar-refractivity contribution >= 4 is 5.91 Å². The second-order valence-electron chi connectivity index (χ2n) is 21.8. The Morgan fingerprint density at radius 2 is 0.821 bits per heavy atom. The highest BCUT2D eigenvalue weighted by Gasteiger charge is 2.53. The predicted molar refractivity (Wildman–Crippen MR) is 296 cm³/mol. The van der Waals surface area contributed by atoms with Crippen molar-refractivity contribution in [2.24, 2.45) is 0 Å². The normalized spacial score (nSPS) is 30.7. The number of nitrogens with one attached hydrogen (secondary N) is 1. The molecule has 12 N–H and O–H groups in total. The van der Waals surface area contributed by atoms with Crippen LogP contribution in [0.1, 0.15) is 200 Å². The van der Waals surface area contributed by atoms with Crippen LogP contribution in [0.4, 0.5) is 0 Å². The quantitative estimate of drug-likeness (QED) is 0.0271. The number of amides is 1. The lowest BCUT2D eigenvalue weighted by molar-refractivity contribution is -0.379. The number of aliphatic hydroxyl groups excluding tert-OH is 11. The van der Waals surface area contributed by atoms with Crippen molar-refractivity contribution in [1.29, 1.82) is 0 Å². The molecule has 3 aliphatic heterocycles. The summed E-state index contributed by atoms with van der Waals surface area (Å²) < 4.78 is 34.2. The topological polar surface area (TPSA) is 307 Å². The number of ether oxygens (including phenoxy) is 6. The summed E-state index contributed by atoms with van der Waals surface area (Å²) in [5, 5.41) is 120. The maximum absolute atomic E-state index is 13.3. The molecule has 19 nitrogen and oxygen atoms in total. The average molecular weight is 1120 g/mol. The smallest absolute Gasteiger partial charge is 0.220 e. The van der Waals surface area contributed by atoms with Crippen LogP contribution in [0.2, 0.25) is 0 Å². The SMILES string of the molecule is CCCCCC/C=C/CC/C=C/C(O)C(COC1OC(CO)C(OC2OC(CO)C(OC3OC(CO)C(O)C(O)C3O)C(O)C2O)C(O)C1O)NC(=O)CCCCCCCCCCCCC/C=C\CCCCCCCCCC. The molecule has 0 aromatic rings. The molecule has 0 saturated carbocycles. The molecule has 3 aliphatic rings. The number of hydrogen-bond donors (Lipinski definition) is 12. The van der Waals surface area contributed by atoms with E-state index in [-0.39, 0.29) is 18.9 Å². The number of rotatable bonds is 44. The molecule has 0 radical (unpaired) electrons. The highest BCUT2D eigenvalue weighted by atomic mass is 16.8. The second kappa shape index (κ2) is 42.8. The molecule has 0 bridgehead atoms. The van der Waals surface area contributed by atoms with Crippen molar-refractivity contribution in [3.8, 4) is 0 Å². The van der Waals surface area contributed by atoms with E-state index in [1.807, 2.05) is 6.08 Å². The lowest BCUT2D eigenvalue weighted by atomic mass is 9.96. The van der Waals surface area contributed by atoms with Crippen LogP contribution in [0.3, 0.4) is 0 Å². The molecule has 3 heterocycles. The van der Waals surface area contributed by atoms with Crippen molar-refractivity contribution in [3.05, 3.63) is 36.5 Å². The Bertz CT molecular complexity index is 1570. The highest BCUT2D eigenvalue weighted by molar-refractivity contribution is 5.76. The first-order chi connectivity index (χ1) is 37.8. The molecule has 3 saturated heterocycles. The monoisotopic (exact) mass is 1120 g/mol. The Hall–Kier alpha value is -1.99. The summed E-state index contributed by atoms with van der Waals surface area (Å²) in [7, 11) is 0. The third-order valence-corrected chi connectivity index (χ3v) is 15.2. The lowest BCUT2D eigenvalue weighted by Gasteiger charge is -2.48. The van der Waals surface area contributed by atoms with Gasteiger partial charge in [0.05, 0.1) is 38.6 Å². The maximum atomic E-state index is 13.3. The maximum Gasteiger partial charge on any atom is 0.220 e. The molecule has 17 unspecified atom stereocenters. The van der Waals surface area contributed by atoms with Gasteiger partial charge in [-0.05, 0) is 57.8 Å². The molecular weight excluding hydrogens is 1010 g/mol. The number of carbonyl (C=O) groups is 1. The molecule has 19 heteroatoms. The Labute approximate surface area is 466 Å². The van der Waals surface area contributed by atoms with E-state index < -0.39 is 124 Å². The molecule has 0 aliphatic carbocycles. The molecule has 3 rings (SSSR count). The largest absolute Gasteiger partial charge is 0.394 e. The van der Waals surface area contributed by atoms with Gasteiger partial charge < -0.3 is 89.9 Å². The fraction of sp³-hybridized carbons (Fsp3) is 0.881. The Morgan fingerprint density at radius 3 is 1.29 bits per heavy atom. The third kappa shape index (κ3) is 26.5. The van der Waals surface area contributed by atoms with E-state index in [1.165, 1.54) is 128 Å². The number of unbranched alkanes of at least 4 members (excludes halogenated alkanes) is 24.